The second-order valence-corrected chi connectivity index (χ2v) is 4.54. The van der Waals surface area contributed by atoms with Crippen LogP contribution in [-0.2, 0) is 6.42 Å². The number of hydrogen-bond donors (Lipinski definition) is 2. The van der Waals surface area contributed by atoms with Crippen molar-refractivity contribution >= 4 is 17.4 Å². The van der Waals surface area contributed by atoms with E-state index < -0.39 is 0 Å². The van der Waals surface area contributed by atoms with Gasteiger partial charge in [-0.1, -0.05) is 31.5 Å². The number of aromatic nitrogens is 1. The van der Waals surface area contributed by atoms with Crippen molar-refractivity contribution in [1.29, 1.82) is 0 Å². The normalized spacial score (nSPS) is 10.1. The summed E-state index contributed by atoms with van der Waals surface area (Å²) in [5, 5.41) is 5.90. The van der Waals surface area contributed by atoms with Gasteiger partial charge in [-0.3, -0.25) is 4.79 Å². The largest absolute Gasteiger partial charge is 0.373 e. The first-order valence-corrected chi connectivity index (χ1v) is 6.77. The van der Waals surface area contributed by atoms with Crippen molar-refractivity contribution in [2.75, 3.05) is 17.7 Å². The van der Waals surface area contributed by atoms with E-state index in [1.807, 2.05) is 24.3 Å². The molecule has 20 heavy (non-hydrogen) atoms. The Morgan fingerprint density at radius 1 is 1.25 bits per heavy atom. The molecule has 0 fully saturated rings. The maximum atomic E-state index is 12.3. The monoisotopic (exact) mass is 269 g/mol. The molecule has 2 N–H and O–H groups in total. The summed E-state index contributed by atoms with van der Waals surface area (Å²) in [6.45, 7) is 2.13. The van der Waals surface area contributed by atoms with Gasteiger partial charge in [0, 0.05) is 24.5 Å². The smallest absolute Gasteiger partial charge is 0.255 e. The number of rotatable bonds is 5. The van der Waals surface area contributed by atoms with E-state index in [-0.39, 0.29) is 5.91 Å². The third kappa shape index (κ3) is 3.35. The first-order chi connectivity index (χ1) is 9.74. The highest BCUT2D eigenvalue weighted by Gasteiger charge is 2.09. The molecule has 0 spiro atoms. The van der Waals surface area contributed by atoms with E-state index in [4.69, 9.17) is 0 Å². The molecule has 0 aliphatic carbocycles. The van der Waals surface area contributed by atoms with Gasteiger partial charge in [-0.15, -0.1) is 0 Å². The van der Waals surface area contributed by atoms with Crippen LogP contribution in [0.2, 0.25) is 0 Å². The van der Waals surface area contributed by atoms with Crippen LogP contribution in [0.25, 0.3) is 0 Å². The second-order valence-electron chi connectivity index (χ2n) is 4.54. The fraction of sp³-hybridized carbons (Fsp3) is 0.250. The van der Waals surface area contributed by atoms with Gasteiger partial charge in [0.05, 0.1) is 0 Å². The lowest BCUT2D eigenvalue weighted by molar-refractivity contribution is 0.102. The molecule has 1 heterocycles. The van der Waals surface area contributed by atoms with E-state index in [2.05, 4.69) is 22.5 Å². The van der Waals surface area contributed by atoms with Crippen LogP contribution in [0.1, 0.15) is 29.3 Å². The number of benzene rings is 1. The minimum atomic E-state index is -0.118. The SMILES string of the molecule is CCCc1ccccc1NC(=O)c1ccnc(NC)c1. The van der Waals surface area contributed by atoms with E-state index in [1.54, 1.807) is 25.4 Å². The number of nitrogens with zero attached hydrogens (tertiary/aromatic N) is 1. The van der Waals surface area contributed by atoms with Crippen molar-refractivity contribution in [2.24, 2.45) is 0 Å². The first-order valence-electron chi connectivity index (χ1n) is 6.77. The topological polar surface area (TPSA) is 54.0 Å². The van der Waals surface area contributed by atoms with Gasteiger partial charge in [0.1, 0.15) is 5.82 Å². The third-order valence-electron chi connectivity index (χ3n) is 3.06. The first kappa shape index (κ1) is 14.1. The molecule has 0 aliphatic rings. The minimum Gasteiger partial charge on any atom is -0.373 e. The van der Waals surface area contributed by atoms with Crippen molar-refractivity contribution in [3.8, 4) is 0 Å². The Kier molecular flexibility index (Phi) is 4.71. The summed E-state index contributed by atoms with van der Waals surface area (Å²) in [5.41, 5.74) is 2.63. The van der Waals surface area contributed by atoms with Gasteiger partial charge in [-0.2, -0.15) is 0 Å². The quantitative estimate of drug-likeness (QED) is 0.875. The molecule has 4 heteroatoms. The highest BCUT2D eigenvalue weighted by Crippen LogP contribution is 2.18. The Balaban J connectivity index is 2.19. The second kappa shape index (κ2) is 6.70. The van der Waals surface area contributed by atoms with Crippen LogP contribution < -0.4 is 10.6 Å². The number of pyridine rings is 1. The molecule has 0 unspecified atom stereocenters. The minimum absolute atomic E-state index is 0.118. The van der Waals surface area contributed by atoms with Crippen LogP contribution in [-0.4, -0.2) is 17.9 Å². The Morgan fingerprint density at radius 2 is 2.05 bits per heavy atom. The van der Waals surface area contributed by atoms with E-state index >= 15 is 0 Å². The number of anilines is 2. The molecule has 0 atom stereocenters. The molecule has 104 valence electrons. The predicted octanol–water partition coefficient (Wildman–Crippen LogP) is 3.33. The average molecular weight is 269 g/mol. The summed E-state index contributed by atoms with van der Waals surface area (Å²) in [7, 11) is 1.78. The van der Waals surface area contributed by atoms with Crippen molar-refractivity contribution in [3.63, 3.8) is 0 Å². The number of carbonyl (C=O) groups excluding carboxylic acids is 1. The van der Waals surface area contributed by atoms with Gasteiger partial charge < -0.3 is 10.6 Å². The van der Waals surface area contributed by atoms with E-state index in [9.17, 15) is 4.79 Å². The summed E-state index contributed by atoms with van der Waals surface area (Å²) in [6, 6.07) is 11.3. The zero-order chi connectivity index (χ0) is 14.4. The molecule has 0 saturated heterocycles. The van der Waals surface area contributed by atoms with Crippen LogP contribution in [0.5, 0.6) is 0 Å². The van der Waals surface area contributed by atoms with E-state index in [0.29, 0.717) is 11.4 Å². The van der Waals surface area contributed by atoms with Crippen molar-refractivity contribution < 1.29 is 4.79 Å². The maximum Gasteiger partial charge on any atom is 0.255 e. The third-order valence-corrected chi connectivity index (χ3v) is 3.06. The van der Waals surface area contributed by atoms with Gasteiger partial charge in [-0.05, 0) is 30.2 Å². The van der Waals surface area contributed by atoms with Gasteiger partial charge in [0.25, 0.3) is 5.91 Å². The molecule has 2 rings (SSSR count). The summed E-state index contributed by atoms with van der Waals surface area (Å²) < 4.78 is 0. The molecule has 1 aromatic heterocycles. The van der Waals surface area contributed by atoms with E-state index in [1.165, 1.54) is 0 Å². The molecule has 0 bridgehead atoms. The summed E-state index contributed by atoms with van der Waals surface area (Å²) in [5.74, 6) is 0.562. The van der Waals surface area contributed by atoms with Crippen LogP contribution in [0.3, 0.4) is 0 Å². The van der Waals surface area contributed by atoms with Crippen LogP contribution in [0, 0.1) is 0 Å². The lowest BCUT2D eigenvalue weighted by atomic mass is 10.1. The van der Waals surface area contributed by atoms with Gasteiger partial charge >= 0.3 is 0 Å². The van der Waals surface area contributed by atoms with Crippen molar-refractivity contribution in [2.45, 2.75) is 19.8 Å². The summed E-state index contributed by atoms with van der Waals surface area (Å²) in [6.07, 6.45) is 3.62. The van der Waals surface area contributed by atoms with E-state index in [0.717, 1.165) is 24.1 Å². The highest BCUT2D eigenvalue weighted by molar-refractivity contribution is 6.05. The molecule has 2 aromatic rings. The van der Waals surface area contributed by atoms with Crippen LogP contribution in [0.4, 0.5) is 11.5 Å². The fourth-order valence-corrected chi connectivity index (χ4v) is 2.03. The maximum absolute atomic E-state index is 12.3. The average Bonchev–Trinajstić information content (AvgIpc) is 2.49. The zero-order valence-electron chi connectivity index (χ0n) is 11.8. The Hall–Kier alpha value is -2.36. The van der Waals surface area contributed by atoms with Crippen molar-refractivity contribution in [3.05, 3.63) is 53.7 Å². The summed E-state index contributed by atoms with van der Waals surface area (Å²) in [4.78, 5) is 16.4. The van der Waals surface area contributed by atoms with Gasteiger partial charge in [0.15, 0.2) is 0 Å². The zero-order valence-corrected chi connectivity index (χ0v) is 11.8. The molecule has 0 radical (unpaired) electrons. The van der Waals surface area contributed by atoms with Crippen LogP contribution in [0.15, 0.2) is 42.6 Å². The van der Waals surface area contributed by atoms with Crippen molar-refractivity contribution in [1.82, 2.24) is 4.98 Å². The molecule has 1 aromatic carbocycles. The Bertz CT molecular complexity index is 596. The number of amides is 1. The number of para-hydroxylation sites is 1. The lowest BCUT2D eigenvalue weighted by Crippen LogP contribution is -2.13. The summed E-state index contributed by atoms with van der Waals surface area (Å²) >= 11 is 0. The number of hydrogen-bond acceptors (Lipinski definition) is 3. The molecule has 1 amide bonds. The standard InChI is InChI=1S/C16H19N3O/c1-3-6-12-7-4-5-8-14(12)19-16(20)13-9-10-18-15(11-13)17-2/h4-5,7-11H,3,6H2,1-2H3,(H,17,18)(H,19,20). The Morgan fingerprint density at radius 3 is 2.80 bits per heavy atom. The fourth-order valence-electron chi connectivity index (χ4n) is 2.03. The highest BCUT2D eigenvalue weighted by atomic mass is 16.1. The molecule has 0 saturated carbocycles. The lowest BCUT2D eigenvalue weighted by Gasteiger charge is -2.10. The molecule has 0 aliphatic heterocycles. The molecule has 4 nitrogen and oxygen atoms in total. The number of carbonyl (C=O) groups is 1. The number of nitrogens with one attached hydrogen (secondary N) is 2. The van der Waals surface area contributed by atoms with Crippen LogP contribution >= 0.6 is 0 Å². The number of aryl methyl sites for hydroxylation is 1. The van der Waals surface area contributed by atoms with Gasteiger partial charge in [0.2, 0.25) is 0 Å². The molecular formula is C16H19N3O. The predicted molar refractivity (Wildman–Crippen MR) is 82.2 cm³/mol. The Labute approximate surface area is 119 Å². The molecular weight excluding hydrogens is 250 g/mol. The van der Waals surface area contributed by atoms with Gasteiger partial charge in [-0.25, -0.2) is 4.98 Å².